The van der Waals surface area contributed by atoms with Crippen molar-refractivity contribution in [2.45, 2.75) is 82.1 Å². The van der Waals surface area contributed by atoms with Crippen LogP contribution in [0.25, 0.3) is 10.8 Å². The summed E-state index contributed by atoms with van der Waals surface area (Å²) in [5.74, 6) is -0.0123. The molecule has 0 spiro atoms. The van der Waals surface area contributed by atoms with E-state index in [-0.39, 0.29) is 55.3 Å². The molecule has 4 aliphatic rings. The van der Waals surface area contributed by atoms with Crippen molar-refractivity contribution in [3.8, 4) is 11.5 Å². The van der Waals surface area contributed by atoms with Gasteiger partial charge in [-0.15, -0.1) is 6.58 Å². The van der Waals surface area contributed by atoms with Crippen molar-refractivity contribution in [1.29, 1.82) is 0 Å². The second-order valence-corrected chi connectivity index (χ2v) is 15.4. The number of fused-ring (bicyclic) bond motifs is 3. The molecule has 0 bridgehead atoms. The molecule has 0 saturated heterocycles. The van der Waals surface area contributed by atoms with E-state index < -0.39 is 11.8 Å². The molecule has 6 atom stereocenters. The maximum Gasteiger partial charge on any atom is 0.239 e. The zero-order chi connectivity index (χ0) is 38.4. The maximum absolute atomic E-state index is 14.8. The van der Waals surface area contributed by atoms with Crippen LogP contribution in [0.4, 0.5) is 0 Å². The Hall–Kier alpha value is -4.44. The number of allylic oxidation sites excluding steroid dienone is 1. The summed E-state index contributed by atoms with van der Waals surface area (Å²) in [4.78, 5) is 22.5. The monoisotopic (exact) mass is 748 g/mol. The number of hydrogen-bond acceptors (Lipinski definition) is 8. The Morgan fingerprint density at radius 3 is 2.49 bits per heavy atom. The number of nitrogens with zero attached hydrogens (tertiary/aromatic N) is 2. The van der Waals surface area contributed by atoms with Crippen molar-refractivity contribution in [3.63, 3.8) is 0 Å². The molecule has 9 heteroatoms. The van der Waals surface area contributed by atoms with Crippen LogP contribution < -0.4 is 9.47 Å². The Morgan fingerprint density at radius 2 is 1.75 bits per heavy atom. The van der Waals surface area contributed by atoms with Crippen LogP contribution in [-0.4, -0.2) is 72.1 Å². The quantitative estimate of drug-likeness (QED) is 0.0725. The highest BCUT2D eigenvalue weighted by Crippen LogP contribution is 2.62. The van der Waals surface area contributed by atoms with E-state index in [1.165, 1.54) is 0 Å². The SMILES string of the molecule is C=CCOc1ccc2c(c1)C1C(CCCCO)C(CCCCO)C=C3C(=NOC)CC(N(Cc4cccc5ccccc45)C(=O)C4CC4)C(OCC=C)(O2)C31. The second kappa shape index (κ2) is 17.6. The molecule has 9 nitrogen and oxygen atoms in total. The topological polar surface area (TPSA) is 110 Å². The average molecular weight is 749 g/mol. The number of aliphatic hydroxyl groups is 2. The lowest BCUT2D eigenvalue weighted by Crippen LogP contribution is -2.70. The van der Waals surface area contributed by atoms with E-state index in [0.717, 1.165) is 83.9 Å². The molecule has 7 rings (SSSR count). The van der Waals surface area contributed by atoms with Crippen LogP contribution in [0.2, 0.25) is 0 Å². The first-order chi connectivity index (χ1) is 27.0. The first kappa shape index (κ1) is 38.8. The first-order valence-corrected chi connectivity index (χ1v) is 20.1. The molecule has 2 N–H and O–H groups in total. The van der Waals surface area contributed by atoms with Crippen molar-refractivity contribution in [3.05, 3.63) is 109 Å². The van der Waals surface area contributed by atoms with Gasteiger partial charge in [-0.05, 0) is 90.5 Å². The van der Waals surface area contributed by atoms with Crippen LogP contribution in [0.1, 0.15) is 74.8 Å². The summed E-state index contributed by atoms with van der Waals surface area (Å²) in [7, 11) is 1.58. The Labute approximate surface area is 325 Å². The molecule has 2 fully saturated rings. The lowest BCUT2D eigenvalue weighted by atomic mass is 9.55. The van der Waals surface area contributed by atoms with Gasteiger partial charge in [0.15, 0.2) is 0 Å². The molecule has 3 aromatic rings. The summed E-state index contributed by atoms with van der Waals surface area (Å²) in [5.41, 5.74) is 3.90. The number of amides is 1. The zero-order valence-electron chi connectivity index (χ0n) is 32.1. The molecule has 3 aromatic carbocycles. The molecule has 2 saturated carbocycles. The van der Waals surface area contributed by atoms with Gasteiger partial charge < -0.3 is 34.2 Å². The molecule has 292 valence electrons. The molecular weight excluding hydrogens is 693 g/mol. The van der Waals surface area contributed by atoms with Crippen molar-refractivity contribution >= 4 is 22.4 Å². The van der Waals surface area contributed by atoms with E-state index in [1.54, 1.807) is 19.3 Å². The molecule has 55 heavy (non-hydrogen) atoms. The predicted molar refractivity (Wildman–Crippen MR) is 215 cm³/mol. The molecule has 1 heterocycles. The lowest BCUT2D eigenvalue weighted by Gasteiger charge is -2.60. The second-order valence-electron chi connectivity index (χ2n) is 15.4. The highest BCUT2D eigenvalue weighted by atomic mass is 16.7. The Bertz CT molecular complexity index is 1900. The van der Waals surface area contributed by atoms with Gasteiger partial charge in [-0.3, -0.25) is 4.79 Å². The van der Waals surface area contributed by atoms with E-state index in [4.69, 9.17) is 24.2 Å². The van der Waals surface area contributed by atoms with E-state index >= 15 is 0 Å². The van der Waals surface area contributed by atoms with Crippen molar-refractivity contribution in [2.24, 2.45) is 28.8 Å². The summed E-state index contributed by atoms with van der Waals surface area (Å²) in [6, 6.07) is 20.1. The number of oxime groups is 1. The summed E-state index contributed by atoms with van der Waals surface area (Å²) >= 11 is 0. The van der Waals surface area contributed by atoms with Crippen LogP contribution in [0, 0.1) is 23.7 Å². The van der Waals surface area contributed by atoms with E-state index in [9.17, 15) is 15.0 Å². The predicted octanol–water partition coefficient (Wildman–Crippen LogP) is 8.11. The zero-order valence-corrected chi connectivity index (χ0v) is 32.1. The van der Waals surface area contributed by atoms with Gasteiger partial charge in [-0.25, -0.2) is 0 Å². The average Bonchev–Trinajstić information content (AvgIpc) is 4.06. The minimum absolute atomic E-state index is 0.0593. The summed E-state index contributed by atoms with van der Waals surface area (Å²) in [6.45, 7) is 9.15. The maximum atomic E-state index is 14.8. The smallest absolute Gasteiger partial charge is 0.239 e. The van der Waals surface area contributed by atoms with E-state index in [0.29, 0.717) is 31.7 Å². The number of benzene rings is 3. The van der Waals surface area contributed by atoms with Gasteiger partial charge in [0.05, 0.1) is 18.2 Å². The Kier molecular flexibility index (Phi) is 12.4. The molecule has 0 radical (unpaired) electrons. The number of unbranched alkanes of at least 4 members (excludes halogenated alkanes) is 2. The number of aliphatic hydroxyl groups excluding tert-OH is 2. The molecule has 0 aromatic heterocycles. The summed E-state index contributed by atoms with van der Waals surface area (Å²) in [5, 5.41) is 26.7. The van der Waals surface area contributed by atoms with Gasteiger partial charge in [-0.1, -0.05) is 85.3 Å². The molecule has 1 amide bonds. The third-order valence-electron chi connectivity index (χ3n) is 12.0. The summed E-state index contributed by atoms with van der Waals surface area (Å²) < 4.78 is 20.6. The fourth-order valence-corrected chi connectivity index (χ4v) is 9.52. The Balaban J connectivity index is 1.45. The number of hydrogen-bond donors (Lipinski definition) is 2. The van der Waals surface area contributed by atoms with Crippen molar-refractivity contribution in [1.82, 2.24) is 4.90 Å². The fraction of sp³-hybridized carbons (Fsp3) is 0.478. The molecule has 3 aliphatic carbocycles. The third kappa shape index (κ3) is 7.84. The lowest BCUT2D eigenvalue weighted by molar-refractivity contribution is -0.258. The standard InChI is InChI=1S/C46H56N2O7/c1-4-25-53-35-21-22-41-39(28-35)43-37(18-9-11-24-50)33(14-8-10-23-49)27-38-40(47-52-3)29-42(46(55-41,44(38)43)54-26-5-2)48(45(51)32-19-20-32)30-34-16-12-15-31-13-6-7-17-36(31)34/h4-7,12-13,15-17,21-22,27-28,32-33,37,42-44,49-50H,1-2,8-11,14,18-20,23-26,29-30H2,3H3. The van der Waals surface area contributed by atoms with Gasteiger partial charge in [0.25, 0.3) is 0 Å². The van der Waals surface area contributed by atoms with Gasteiger partial charge in [0.1, 0.15) is 31.3 Å². The van der Waals surface area contributed by atoms with Crippen LogP contribution in [0.15, 0.2) is 103 Å². The van der Waals surface area contributed by atoms with E-state index in [1.807, 2.05) is 29.2 Å². The number of carbonyl (C=O) groups is 1. The van der Waals surface area contributed by atoms with Gasteiger partial charge in [0.2, 0.25) is 11.7 Å². The largest absolute Gasteiger partial charge is 0.490 e. The highest BCUT2D eigenvalue weighted by Gasteiger charge is 2.66. The van der Waals surface area contributed by atoms with Gasteiger partial charge in [0, 0.05) is 43.6 Å². The number of carbonyl (C=O) groups excluding carboxylic acids is 1. The van der Waals surface area contributed by atoms with E-state index in [2.05, 4.69) is 55.6 Å². The number of rotatable bonds is 19. The van der Waals surface area contributed by atoms with Crippen LogP contribution in [0.3, 0.4) is 0 Å². The normalized spacial score (nSPS) is 26.0. The minimum atomic E-state index is -1.30. The third-order valence-corrected chi connectivity index (χ3v) is 12.0. The van der Waals surface area contributed by atoms with Crippen LogP contribution >= 0.6 is 0 Å². The van der Waals surface area contributed by atoms with Crippen molar-refractivity contribution in [2.75, 3.05) is 33.5 Å². The minimum Gasteiger partial charge on any atom is -0.490 e. The Morgan fingerprint density at radius 1 is 0.982 bits per heavy atom. The van der Waals surface area contributed by atoms with Gasteiger partial charge in [-0.2, -0.15) is 0 Å². The molecule has 1 aliphatic heterocycles. The van der Waals surface area contributed by atoms with Crippen LogP contribution in [0.5, 0.6) is 11.5 Å². The van der Waals surface area contributed by atoms with Crippen LogP contribution in [-0.2, 0) is 20.9 Å². The molecule has 6 unspecified atom stereocenters. The fourth-order valence-electron chi connectivity index (χ4n) is 9.52. The summed E-state index contributed by atoms with van der Waals surface area (Å²) in [6.07, 6.45) is 12.8. The van der Waals surface area contributed by atoms with Gasteiger partial charge >= 0.3 is 0 Å². The first-order valence-electron chi connectivity index (χ1n) is 20.1. The highest BCUT2D eigenvalue weighted by molar-refractivity contribution is 6.03. The van der Waals surface area contributed by atoms with Crippen molar-refractivity contribution < 1.29 is 34.1 Å². The molecular formula is C46H56N2O7. The number of ether oxygens (including phenoxy) is 3.